The molecule has 4 rings (SSSR count). The molecule has 1 aromatic heterocycles. The Balaban J connectivity index is 1.60. The van der Waals surface area contributed by atoms with Crippen LogP contribution in [0.5, 0.6) is 5.75 Å². The second kappa shape index (κ2) is 6.84. The van der Waals surface area contributed by atoms with Gasteiger partial charge in [0, 0.05) is 36.7 Å². The van der Waals surface area contributed by atoms with Gasteiger partial charge in [0.25, 0.3) is 0 Å². The summed E-state index contributed by atoms with van der Waals surface area (Å²) >= 11 is 0. The van der Waals surface area contributed by atoms with Gasteiger partial charge in [-0.25, -0.2) is 0 Å². The summed E-state index contributed by atoms with van der Waals surface area (Å²) in [6, 6.07) is 10.0. The molecule has 2 fully saturated rings. The number of hydrogen-bond donors (Lipinski definition) is 2. The van der Waals surface area contributed by atoms with Crippen molar-refractivity contribution in [3.63, 3.8) is 0 Å². The van der Waals surface area contributed by atoms with Crippen LogP contribution in [0.4, 0.5) is 5.69 Å². The van der Waals surface area contributed by atoms with Gasteiger partial charge in [0.05, 0.1) is 11.9 Å². The van der Waals surface area contributed by atoms with Gasteiger partial charge in [0.1, 0.15) is 11.9 Å². The van der Waals surface area contributed by atoms with Gasteiger partial charge < -0.3 is 15.4 Å². The zero-order valence-electron chi connectivity index (χ0n) is 14.4. The highest BCUT2D eigenvalue weighted by atomic mass is 16.5. The van der Waals surface area contributed by atoms with Crippen LogP contribution in [-0.4, -0.2) is 30.1 Å². The smallest absolute Gasteiger partial charge is 0.221 e. The Labute approximate surface area is 147 Å². The molecule has 0 radical (unpaired) electrons. The zero-order valence-corrected chi connectivity index (χ0v) is 14.4. The van der Waals surface area contributed by atoms with Gasteiger partial charge in [0.2, 0.25) is 5.91 Å². The molecule has 1 aliphatic carbocycles. The highest BCUT2D eigenvalue weighted by Gasteiger charge is 2.38. The maximum atomic E-state index is 11.3. The number of ether oxygens (including phenoxy) is 1. The van der Waals surface area contributed by atoms with Crippen molar-refractivity contribution < 1.29 is 9.53 Å². The Morgan fingerprint density at radius 3 is 2.96 bits per heavy atom. The number of anilines is 1. The van der Waals surface area contributed by atoms with Gasteiger partial charge in [-0.15, -0.1) is 0 Å². The quantitative estimate of drug-likeness (QED) is 0.900. The molecule has 2 aliphatic rings. The number of nitrogens with zero attached hydrogens (tertiary/aromatic N) is 1. The lowest BCUT2D eigenvalue weighted by molar-refractivity contribution is -0.114. The number of benzene rings is 1. The van der Waals surface area contributed by atoms with Gasteiger partial charge in [-0.3, -0.25) is 9.78 Å². The largest absolute Gasteiger partial charge is 0.489 e. The number of aromatic nitrogens is 1. The summed E-state index contributed by atoms with van der Waals surface area (Å²) in [6.07, 6.45) is 6.12. The summed E-state index contributed by atoms with van der Waals surface area (Å²) < 4.78 is 6.44. The van der Waals surface area contributed by atoms with Gasteiger partial charge in [0.15, 0.2) is 0 Å². The minimum Gasteiger partial charge on any atom is -0.489 e. The van der Waals surface area contributed by atoms with Crippen LogP contribution >= 0.6 is 0 Å². The molecule has 1 amide bonds. The van der Waals surface area contributed by atoms with E-state index in [9.17, 15) is 4.79 Å². The molecule has 3 atom stereocenters. The summed E-state index contributed by atoms with van der Waals surface area (Å²) in [5, 5.41) is 6.29. The minimum atomic E-state index is -0.103. The van der Waals surface area contributed by atoms with E-state index in [4.69, 9.17) is 4.74 Å². The van der Waals surface area contributed by atoms with Crippen LogP contribution in [0, 0.1) is 11.8 Å². The minimum absolute atomic E-state index is 0.103. The number of piperidine rings is 1. The maximum absolute atomic E-state index is 11.3. The lowest BCUT2D eigenvalue weighted by Crippen LogP contribution is -2.34. The van der Waals surface area contributed by atoms with Gasteiger partial charge >= 0.3 is 0 Å². The number of hydrogen-bond acceptors (Lipinski definition) is 4. The van der Waals surface area contributed by atoms with E-state index in [1.165, 1.54) is 13.3 Å². The van der Waals surface area contributed by atoms with Crippen LogP contribution < -0.4 is 15.4 Å². The van der Waals surface area contributed by atoms with Crippen molar-refractivity contribution in [2.75, 3.05) is 18.4 Å². The van der Waals surface area contributed by atoms with Crippen molar-refractivity contribution >= 4 is 11.6 Å². The van der Waals surface area contributed by atoms with E-state index in [0.29, 0.717) is 11.6 Å². The Morgan fingerprint density at radius 2 is 2.12 bits per heavy atom. The molecule has 2 N–H and O–H groups in total. The molecule has 1 aromatic carbocycles. The fourth-order valence-corrected chi connectivity index (χ4v) is 4.03. The van der Waals surface area contributed by atoms with Crippen molar-refractivity contribution in [1.82, 2.24) is 10.3 Å². The van der Waals surface area contributed by atoms with Gasteiger partial charge in [-0.2, -0.15) is 0 Å². The first kappa shape index (κ1) is 16.1. The topological polar surface area (TPSA) is 63.2 Å². The van der Waals surface area contributed by atoms with Crippen LogP contribution in [0.2, 0.25) is 0 Å². The molecule has 5 heteroatoms. The van der Waals surface area contributed by atoms with Crippen molar-refractivity contribution in [2.24, 2.45) is 11.8 Å². The number of pyridine rings is 1. The van der Waals surface area contributed by atoms with E-state index >= 15 is 0 Å². The predicted molar refractivity (Wildman–Crippen MR) is 97.5 cm³/mol. The third kappa shape index (κ3) is 3.51. The van der Waals surface area contributed by atoms with Gasteiger partial charge in [-0.05, 0) is 37.4 Å². The van der Waals surface area contributed by atoms with E-state index in [1.54, 1.807) is 6.20 Å². The Bertz CT molecular complexity index is 777. The molecule has 0 spiro atoms. The first-order valence-corrected chi connectivity index (χ1v) is 8.88. The summed E-state index contributed by atoms with van der Waals surface area (Å²) in [4.78, 5) is 15.6. The zero-order chi connectivity index (χ0) is 17.2. The molecule has 25 heavy (non-hydrogen) atoms. The lowest BCUT2D eigenvalue weighted by atomic mass is 10.0. The molecule has 1 aliphatic heterocycles. The predicted octanol–water partition coefficient (Wildman–Crippen LogP) is 3.08. The molecule has 130 valence electrons. The highest BCUT2D eigenvalue weighted by Crippen LogP contribution is 2.39. The number of carbonyl (C=O) groups excluding carboxylic acids is 1. The first-order chi connectivity index (χ1) is 12.2. The number of carbonyl (C=O) groups is 1. The van der Waals surface area contributed by atoms with E-state index in [1.807, 2.05) is 36.5 Å². The van der Waals surface area contributed by atoms with E-state index in [0.717, 1.165) is 42.3 Å². The van der Waals surface area contributed by atoms with Gasteiger partial charge in [-0.1, -0.05) is 18.2 Å². The molecule has 0 unspecified atom stereocenters. The summed E-state index contributed by atoms with van der Waals surface area (Å²) in [5.74, 6) is 2.12. The van der Waals surface area contributed by atoms with Crippen molar-refractivity contribution in [3.05, 3.63) is 42.7 Å². The molecular formula is C20H23N3O2. The molecule has 1 saturated heterocycles. The Kier molecular flexibility index (Phi) is 4.40. The summed E-state index contributed by atoms with van der Waals surface area (Å²) in [7, 11) is 0. The van der Waals surface area contributed by atoms with Crippen LogP contribution in [0.1, 0.15) is 19.8 Å². The monoisotopic (exact) mass is 337 g/mol. The SMILES string of the molecule is CC(=O)Nc1cncc(-c2ccccc2O[C@H]2C[C@@H]3CNC[C@H]2C3)c1. The molecular weight excluding hydrogens is 314 g/mol. The Hall–Kier alpha value is -2.40. The maximum Gasteiger partial charge on any atom is 0.221 e. The molecule has 1 saturated carbocycles. The fraction of sp³-hybridized carbons (Fsp3) is 0.400. The van der Waals surface area contributed by atoms with Crippen LogP contribution in [0.25, 0.3) is 11.1 Å². The molecule has 5 nitrogen and oxygen atoms in total. The average molecular weight is 337 g/mol. The van der Waals surface area contributed by atoms with Crippen molar-refractivity contribution in [2.45, 2.75) is 25.9 Å². The number of amides is 1. The standard InChI is InChI=1S/C20H23N3O2/c1-13(24)23-17-8-15(10-22-12-17)18-4-2-3-5-19(18)25-20-7-14-6-16(20)11-21-9-14/h2-5,8,10,12,14,16,20-21H,6-7,9,11H2,1H3,(H,23,24)/t14-,16-,20+/m1/s1. The molecule has 2 heterocycles. The number of rotatable bonds is 4. The average Bonchev–Trinajstić information content (AvgIpc) is 2.88. The van der Waals surface area contributed by atoms with Crippen molar-refractivity contribution in [1.29, 1.82) is 0 Å². The van der Waals surface area contributed by atoms with Crippen molar-refractivity contribution in [3.8, 4) is 16.9 Å². The molecule has 2 bridgehead atoms. The van der Waals surface area contributed by atoms with E-state index in [-0.39, 0.29) is 12.0 Å². The summed E-state index contributed by atoms with van der Waals surface area (Å²) in [5.41, 5.74) is 2.65. The number of fused-ring (bicyclic) bond motifs is 2. The number of nitrogens with one attached hydrogen (secondary N) is 2. The van der Waals surface area contributed by atoms with Crippen LogP contribution in [0.3, 0.4) is 0 Å². The van der Waals surface area contributed by atoms with E-state index in [2.05, 4.69) is 15.6 Å². The van der Waals surface area contributed by atoms with Crippen LogP contribution in [-0.2, 0) is 4.79 Å². The second-order valence-corrected chi connectivity index (χ2v) is 7.05. The normalized spacial score (nSPS) is 24.8. The third-order valence-corrected chi connectivity index (χ3v) is 5.10. The Morgan fingerprint density at radius 1 is 1.24 bits per heavy atom. The summed E-state index contributed by atoms with van der Waals surface area (Å²) in [6.45, 7) is 3.65. The second-order valence-electron chi connectivity index (χ2n) is 7.05. The fourth-order valence-electron chi connectivity index (χ4n) is 4.03. The lowest BCUT2D eigenvalue weighted by Gasteiger charge is -2.23. The number of para-hydroxylation sites is 1. The van der Waals surface area contributed by atoms with E-state index < -0.39 is 0 Å². The third-order valence-electron chi connectivity index (χ3n) is 5.10. The van der Waals surface area contributed by atoms with Crippen LogP contribution in [0.15, 0.2) is 42.7 Å². The molecule has 2 aromatic rings. The first-order valence-electron chi connectivity index (χ1n) is 8.88. The highest BCUT2D eigenvalue weighted by molar-refractivity contribution is 5.89.